The summed E-state index contributed by atoms with van der Waals surface area (Å²) in [5, 5.41) is 2.73. The fourth-order valence-electron chi connectivity index (χ4n) is 1.23. The highest BCUT2D eigenvalue weighted by molar-refractivity contribution is 5.67. The molecular formula is C11H17NO3. The maximum absolute atomic E-state index is 11.2. The Balaban J connectivity index is 2.29. The Morgan fingerprint density at radius 2 is 2.27 bits per heavy atom. The fraction of sp³-hybridized carbons (Fsp3) is 0.545. The predicted molar refractivity (Wildman–Crippen MR) is 56.6 cm³/mol. The molecule has 1 aromatic heterocycles. The molecule has 1 aromatic rings. The maximum atomic E-state index is 11.2. The Morgan fingerprint density at radius 3 is 2.80 bits per heavy atom. The van der Waals surface area contributed by atoms with E-state index in [4.69, 9.17) is 9.15 Å². The zero-order valence-electron chi connectivity index (χ0n) is 9.32. The van der Waals surface area contributed by atoms with Crippen molar-refractivity contribution in [1.82, 2.24) is 5.32 Å². The van der Waals surface area contributed by atoms with Crippen molar-refractivity contribution in [1.29, 1.82) is 0 Å². The van der Waals surface area contributed by atoms with Crippen LogP contribution < -0.4 is 5.32 Å². The van der Waals surface area contributed by atoms with Crippen molar-refractivity contribution < 1.29 is 13.9 Å². The second-order valence-electron chi connectivity index (χ2n) is 3.78. The van der Waals surface area contributed by atoms with Gasteiger partial charge in [-0.25, -0.2) is 4.79 Å². The summed E-state index contributed by atoms with van der Waals surface area (Å²) in [6.45, 7) is 5.54. The number of ether oxygens (including phenoxy) is 1. The van der Waals surface area contributed by atoms with Gasteiger partial charge in [0.2, 0.25) is 0 Å². The van der Waals surface area contributed by atoms with Gasteiger partial charge in [-0.3, -0.25) is 0 Å². The van der Waals surface area contributed by atoms with Crippen LogP contribution in [0, 0.1) is 0 Å². The summed E-state index contributed by atoms with van der Waals surface area (Å²) >= 11 is 0. The molecule has 1 atom stereocenters. The van der Waals surface area contributed by atoms with E-state index in [9.17, 15) is 4.79 Å². The first kappa shape index (κ1) is 11.6. The SMILES string of the molecule is CC(Cc1ccco1)NC(=O)OC(C)C. The van der Waals surface area contributed by atoms with Gasteiger partial charge in [-0.05, 0) is 32.9 Å². The molecule has 0 aliphatic heterocycles. The molecule has 0 radical (unpaired) electrons. The van der Waals surface area contributed by atoms with Crippen LogP contribution in [0.5, 0.6) is 0 Å². The lowest BCUT2D eigenvalue weighted by molar-refractivity contribution is 0.112. The largest absolute Gasteiger partial charge is 0.469 e. The minimum Gasteiger partial charge on any atom is -0.469 e. The summed E-state index contributed by atoms with van der Waals surface area (Å²) in [4.78, 5) is 11.2. The standard InChI is InChI=1S/C11H17NO3/c1-8(2)15-11(13)12-9(3)7-10-5-4-6-14-10/h4-6,8-9H,7H2,1-3H3,(H,12,13). The van der Waals surface area contributed by atoms with Gasteiger partial charge in [0.05, 0.1) is 12.4 Å². The van der Waals surface area contributed by atoms with Gasteiger partial charge >= 0.3 is 6.09 Å². The number of carbonyl (C=O) groups excluding carboxylic acids is 1. The van der Waals surface area contributed by atoms with Gasteiger partial charge in [0.1, 0.15) is 5.76 Å². The summed E-state index contributed by atoms with van der Waals surface area (Å²) in [5.74, 6) is 0.854. The first-order valence-corrected chi connectivity index (χ1v) is 5.07. The topological polar surface area (TPSA) is 51.5 Å². The van der Waals surface area contributed by atoms with E-state index in [0.717, 1.165) is 5.76 Å². The summed E-state index contributed by atoms with van der Waals surface area (Å²) in [5.41, 5.74) is 0. The maximum Gasteiger partial charge on any atom is 0.407 e. The quantitative estimate of drug-likeness (QED) is 0.831. The molecular weight excluding hydrogens is 194 g/mol. The molecule has 0 aliphatic carbocycles. The molecule has 1 N–H and O–H groups in total. The van der Waals surface area contributed by atoms with E-state index in [1.54, 1.807) is 6.26 Å². The van der Waals surface area contributed by atoms with Crippen molar-refractivity contribution in [2.24, 2.45) is 0 Å². The smallest absolute Gasteiger partial charge is 0.407 e. The van der Waals surface area contributed by atoms with Crippen molar-refractivity contribution in [3.63, 3.8) is 0 Å². The zero-order chi connectivity index (χ0) is 11.3. The highest BCUT2D eigenvalue weighted by Crippen LogP contribution is 2.04. The van der Waals surface area contributed by atoms with E-state index in [-0.39, 0.29) is 18.2 Å². The highest BCUT2D eigenvalue weighted by atomic mass is 16.6. The number of furan rings is 1. The number of nitrogens with one attached hydrogen (secondary N) is 1. The van der Waals surface area contributed by atoms with E-state index in [2.05, 4.69) is 5.32 Å². The molecule has 1 rings (SSSR count). The summed E-state index contributed by atoms with van der Waals surface area (Å²) in [7, 11) is 0. The van der Waals surface area contributed by atoms with E-state index < -0.39 is 0 Å². The van der Waals surface area contributed by atoms with Crippen LogP contribution in [-0.2, 0) is 11.2 Å². The molecule has 84 valence electrons. The molecule has 0 fully saturated rings. The molecule has 0 saturated heterocycles. The van der Waals surface area contributed by atoms with Gasteiger partial charge in [0.25, 0.3) is 0 Å². The number of hydrogen-bond acceptors (Lipinski definition) is 3. The van der Waals surface area contributed by atoms with Crippen LogP contribution in [0.25, 0.3) is 0 Å². The fourth-order valence-corrected chi connectivity index (χ4v) is 1.23. The van der Waals surface area contributed by atoms with Crippen LogP contribution in [0.15, 0.2) is 22.8 Å². The molecule has 0 aromatic carbocycles. The molecule has 4 nitrogen and oxygen atoms in total. The predicted octanol–water partition coefficient (Wildman–Crippen LogP) is 2.35. The number of carbonyl (C=O) groups is 1. The third-order valence-electron chi connectivity index (χ3n) is 1.79. The normalized spacial score (nSPS) is 12.5. The number of amides is 1. The summed E-state index contributed by atoms with van der Waals surface area (Å²) < 4.78 is 10.1. The zero-order valence-corrected chi connectivity index (χ0v) is 9.32. The Hall–Kier alpha value is -1.45. The Kier molecular flexibility index (Phi) is 4.21. The van der Waals surface area contributed by atoms with E-state index in [1.165, 1.54) is 0 Å². The van der Waals surface area contributed by atoms with Crippen LogP contribution in [0.2, 0.25) is 0 Å². The molecule has 1 heterocycles. The van der Waals surface area contributed by atoms with E-state index >= 15 is 0 Å². The van der Waals surface area contributed by atoms with Crippen LogP contribution in [-0.4, -0.2) is 18.2 Å². The van der Waals surface area contributed by atoms with Gasteiger partial charge in [-0.1, -0.05) is 0 Å². The number of rotatable bonds is 4. The molecule has 4 heteroatoms. The van der Waals surface area contributed by atoms with E-state index in [1.807, 2.05) is 32.9 Å². The van der Waals surface area contributed by atoms with Crippen LogP contribution in [0.4, 0.5) is 4.79 Å². The summed E-state index contributed by atoms with van der Waals surface area (Å²) in [6.07, 6.45) is 1.80. The van der Waals surface area contributed by atoms with Crippen molar-refractivity contribution in [2.75, 3.05) is 0 Å². The monoisotopic (exact) mass is 211 g/mol. The third-order valence-corrected chi connectivity index (χ3v) is 1.79. The van der Waals surface area contributed by atoms with Crippen LogP contribution in [0.3, 0.4) is 0 Å². The average molecular weight is 211 g/mol. The summed E-state index contributed by atoms with van der Waals surface area (Å²) in [6, 6.07) is 3.71. The minimum absolute atomic E-state index is 0.00222. The Bertz CT molecular complexity index is 293. The average Bonchev–Trinajstić information content (AvgIpc) is 2.53. The molecule has 0 aliphatic rings. The molecule has 0 saturated carbocycles. The van der Waals surface area contributed by atoms with Gasteiger partial charge in [-0.2, -0.15) is 0 Å². The molecule has 0 spiro atoms. The van der Waals surface area contributed by atoms with Gasteiger partial charge < -0.3 is 14.5 Å². The molecule has 1 amide bonds. The van der Waals surface area contributed by atoms with Crippen molar-refractivity contribution >= 4 is 6.09 Å². The molecule has 0 bridgehead atoms. The Labute approximate surface area is 89.6 Å². The molecule has 15 heavy (non-hydrogen) atoms. The lowest BCUT2D eigenvalue weighted by atomic mass is 10.2. The third kappa shape index (κ3) is 4.54. The van der Waals surface area contributed by atoms with Gasteiger partial charge in [0.15, 0.2) is 0 Å². The lowest BCUT2D eigenvalue weighted by Crippen LogP contribution is -2.35. The highest BCUT2D eigenvalue weighted by Gasteiger charge is 2.11. The first-order chi connectivity index (χ1) is 7.08. The number of alkyl carbamates (subject to hydrolysis) is 1. The van der Waals surface area contributed by atoms with Gasteiger partial charge in [0, 0.05) is 12.5 Å². The van der Waals surface area contributed by atoms with Gasteiger partial charge in [-0.15, -0.1) is 0 Å². The minimum atomic E-state index is -0.385. The van der Waals surface area contributed by atoms with Crippen molar-refractivity contribution in [2.45, 2.75) is 39.3 Å². The number of hydrogen-bond donors (Lipinski definition) is 1. The molecule has 1 unspecified atom stereocenters. The lowest BCUT2D eigenvalue weighted by Gasteiger charge is -2.14. The first-order valence-electron chi connectivity index (χ1n) is 5.07. The van der Waals surface area contributed by atoms with Crippen molar-refractivity contribution in [3.8, 4) is 0 Å². The van der Waals surface area contributed by atoms with Crippen LogP contribution >= 0.6 is 0 Å². The van der Waals surface area contributed by atoms with E-state index in [0.29, 0.717) is 6.42 Å². The Morgan fingerprint density at radius 1 is 1.53 bits per heavy atom. The van der Waals surface area contributed by atoms with Crippen molar-refractivity contribution in [3.05, 3.63) is 24.2 Å². The second kappa shape index (κ2) is 5.44. The van der Waals surface area contributed by atoms with Crippen LogP contribution in [0.1, 0.15) is 26.5 Å². The second-order valence-corrected chi connectivity index (χ2v) is 3.78.